The Morgan fingerprint density at radius 3 is 2.52 bits per heavy atom. The first kappa shape index (κ1) is 18.4. The van der Waals surface area contributed by atoms with Crippen molar-refractivity contribution in [2.45, 2.75) is 6.92 Å². The van der Waals surface area contributed by atoms with E-state index in [-0.39, 0.29) is 10.6 Å². The van der Waals surface area contributed by atoms with Crippen LogP contribution in [0.1, 0.15) is 14.5 Å². The van der Waals surface area contributed by atoms with Crippen LogP contribution >= 0.6 is 11.3 Å². The number of rotatable bonds is 5. The summed E-state index contributed by atoms with van der Waals surface area (Å²) < 4.78 is 39.3. The van der Waals surface area contributed by atoms with Crippen LogP contribution in [0.4, 0.5) is 24.5 Å². The van der Waals surface area contributed by atoms with Gasteiger partial charge in [0.1, 0.15) is 0 Å². The Labute approximate surface area is 142 Å². The van der Waals surface area contributed by atoms with Crippen molar-refractivity contribution in [1.82, 2.24) is 5.32 Å². The minimum atomic E-state index is -1.73. The molecule has 0 unspecified atom stereocenters. The van der Waals surface area contributed by atoms with Crippen molar-refractivity contribution in [2.75, 3.05) is 11.9 Å². The molecule has 7 nitrogen and oxygen atoms in total. The quantitative estimate of drug-likeness (QED) is 0.478. The van der Waals surface area contributed by atoms with E-state index in [0.29, 0.717) is 10.9 Å². The van der Waals surface area contributed by atoms with Gasteiger partial charge in [-0.05, 0) is 19.1 Å². The molecule has 2 aromatic rings. The monoisotopic (exact) mass is 373 g/mol. The minimum absolute atomic E-state index is 0.0241. The molecule has 0 aliphatic heterocycles. The first-order chi connectivity index (χ1) is 11.7. The molecule has 0 fully saturated rings. The number of halogens is 3. The molecule has 0 bridgehead atoms. The van der Waals surface area contributed by atoms with Crippen molar-refractivity contribution >= 4 is 34.5 Å². The Balaban J connectivity index is 1.98. The van der Waals surface area contributed by atoms with Crippen molar-refractivity contribution in [2.24, 2.45) is 0 Å². The number of hydrogen-bond donors (Lipinski definition) is 2. The largest absolute Gasteiger partial charge is 0.342 e. The molecule has 0 aliphatic carbocycles. The number of nitrogens with one attached hydrogen (secondary N) is 2. The molecule has 2 amide bonds. The molecule has 0 radical (unpaired) electrons. The minimum Gasteiger partial charge on any atom is -0.342 e. The highest BCUT2D eigenvalue weighted by Gasteiger charge is 2.20. The number of thiophene rings is 1. The Morgan fingerprint density at radius 2 is 1.92 bits per heavy atom. The molecule has 25 heavy (non-hydrogen) atoms. The van der Waals surface area contributed by atoms with Gasteiger partial charge in [-0.3, -0.25) is 19.7 Å². The van der Waals surface area contributed by atoms with Gasteiger partial charge in [-0.2, -0.15) is 0 Å². The van der Waals surface area contributed by atoms with Crippen LogP contribution in [0.3, 0.4) is 0 Å². The van der Waals surface area contributed by atoms with E-state index in [4.69, 9.17) is 0 Å². The Hall–Kier alpha value is -2.95. The smallest absolute Gasteiger partial charge is 0.283 e. The third-order valence-corrected chi connectivity index (χ3v) is 4.07. The lowest BCUT2D eigenvalue weighted by Crippen LogP contribution is -2.32. The summed E-state index contributed by atoms with van der Waals surface area (Å²) in [5, 5.41) is 14.9. The number of anilines is 1. The summed E-state index contributed by atoms with van der Waals surface area (Å²) in [5.41, 5.74) is -0.802. The van der Waals surface area contributed by atoms with Gasteiger partial charge in [0.05, 0.1) is 26.9 Å². The maximum atomic E-state index is 13.4. The van der Waals surface area contributed by atoms with Gasteiger partial charge in [0.2, 0.25) is 5.91 Å². The first-order valence-electron chi connectivity index (χ1n) is 6.67. The molecule has 1 aromatic carbocycles. The van der Waals surface area contributed by atoms with Gasteiger partial charge < -0.3 is 10.6 Å². The topological polar surface area (TPSA) is 101 Å². The molecule has 0 atom stereocenters. The van der Waals surface area contributed by atoms with Crippen LogP contribution in [-0.4, -0.2) is 23.3 Å². The molecule has 0 spiro atoms. The lowest BCUT2D eigenvalue weighted by Gasteiger charge is -2.08. The Bertz CT molecular complexity index is 869. The van der Waals surface area contributed by atoms with E-state index >= 15 is 0 Å². The van der Waals surface area contributed by atoms with E-state index in [1.54, 1.807) is 0 Å². The molecule has 132 valence electrons. The number of amides is 2. The average Bonchev–Trinajstić information content (AvgIpc) is 2.95. The number of carbonyl (C=O) groups excluding carboxylic acids is 2. The van der Waals surface area contributed by atoms with Gasteiger partial charge in [-0.25, -0.2) is 13.2 Å². The van der Waals surface area contributed by atoms with Crippen LogP contribution in [0.25, 0.3) is 0 Å². The van der Waals surface area contributed by atoms with Crippen LogP contribution in [0.2, 0.25) is 0 Å². The van der Waals surface area contributed by atoms with Crippen LogP contribution < -0.4 is 10.6 Å². The lowest BCUT2D eigenvalue weighted by atomic mass is 10.2. The maximum Gasteiger partial charge on any atom is 0.283 e. The average molecular weight is 373 g/mol. The first-order valence-corrected chi connectivity index (χ1v) is 7.48. The molecule has 2 N–H and O–H groups in total. The number of aryl methyl sites for hydroxylation is 1. The van der Waals surface area contributed by atoms with E-state index in [1.807, 2.05) is 5.32 Å². The summed E-state index contributed by atoms with van der Waals surface area (Å²) in [6, 6.07) is 2.54. The summed E-state index contributed by atoms with van der Waals surface area (Å²) in [6.45, 7) is 0.875. The second kappa shape index (κ2) is 7.30. The number of nitro groups is 1. The fourth-order valence-corrected chi connectivity index (χ4v) is 2.73. The fourth-order valence-electron chi connectivity index (χ4n) is 1.83. The summed E-state index contributed by atoms with van der Waals surface area (Å²) in [7, 11) is 0. The fraction of sp³-hybridized carbons (Fsp3) is 0.143. The molecule has 11 heteroatoms. The molecule has 0 saturated carbocycles. The second-order valence-corrected chi connectivity index (χ2v) is 6.02. The van der Waals surface area contributed by atoms with E-state index < -0.39 is 46.4 Å². The van der Waals surface area contributed by atoms with Crippen molar-refractivity contribution in [3.63, 3.8) is 0 Å². The number of carbonyl (C=O) groups is 2. The summed E-state index contributed by atoms with van der Waals surface area (Å²) in [6.07, 6.45) is 0. The van der Waals surface area contributed by atoms with Crippen LogP contribution in [-0.2, 0) is 4.79 Å². The van der Waals surface area contributed by atoms with Crippen LogP contribution in [0.15, 0.2) is 18.2 Å². The van der Waals surface area contributed by atoms with Crippen molar-refractivity contribution in [3.8, 4) is 0 Å². The number of hydrogen-bond acceptors (Lipinski definition) is 5. The van der Waals surface area contributed by atoms with E-state index in [1.165, 1.54) is 6.92 Å². The predicted molar refractivity (Wildman–Crippen MR) is 83.0 cm³/mol. The van der Waals surface area contributed by atoms with Crippen molar-refractivity contribution in [1.29, 1.82) is 0 Å². The van der Waals surface area contributed by atoms with Gasteiger partial charge in [0, 0.05) is 6.07 Å². The highest BCUT2D eigenvalue weighted by molar-refractivity contribution is 7.14. The summed E-state index contributed by atoms with van der Waals surface area (Å²) >= 11 is 0.876. The molecule has 1 aromatic heterocycles. The van der Waals surface area contributed by atoms with Gasteiger partial charge in [0.15, 0.2) is 17.5 Å². The highest BCUT2D eigenvalue weighted by Crippen LogP contribution is 2.27. The number of benzene rings is 1. The van der Waals surface area contributed by atoms with Crippen molar-refractivity contribution < 1.29 is 27.7 Å². The molecule has 0 saturated heterocycles. The molecular formula is C14H10F3N3O4S. The maximum absolute atomic E-state index is 13.4. The summed E-state index contributed by atoms with van der Waals surface area (Å²) in [5.74, 6) is -6.33. The van der Waals surface area contributed by atoms with Gasteiger partial charge in [0.25, 0.3) is 11.6 Å². The van der Waals surface area contributed by atoms with E-state index in [9.17, 15) is 32.9 Å². The highest BCUT2D eigenvalue weighted by atomic mass is 32.1. The standard InChI is InChI=1S/C14H10F3N3O4S/c1-6-9(20(23)24)4-10(25-6)14(22)18-5-11(21)19-8-3-2-7(15)12(16)13(8)17/h2-4H,5H2,1H3,(H,18,22)(H,19,21). The Kier molecular flexibility index (Phi) is 5.37. The number of nitrogens with zero attached hydrogens (tertiary/aromatic N) is 1. The van der Waals surface area contributed by atoms with Gasteiger partial charge in [-0.1, -0.05) is 0 Å². The van der Waals surface area contributed by atoms with Gasteiger partial charge in [-0.15, -0.1) is 11.3 Å². The predicted octanol–water partition coefficient (Wildman–Crippen LogP) is 2.75. The normalized spacial score (nSPS) is 10.4. The van der Waals surface area contributed by atoms with Crippen LogP contribution in [0, 0.1) is 34.5 Å². The molecule has 1 heterocycles. The molecular weight excluding hydrogens is 363 g/mol. The third kappa shape index (κ3) is 4.12. The Morgan fingerprint density at radius 1 is 1.24 bits per heavy atom. The van der Waals surface area contributed by atoms with Crippen molar-refractivity contribution in [3.05, 3.63) is 55.5 Å². The zero-order chi connectivity index (χ0) is 18.7. The third-order valence-electron chi connectivity index (χ3n) is 3.03. The van der Waals surface area contributed by atoms with Gasteiger partial charge >= 0.3 is 0 Å². The zero-order valence-corrected chi connectivity index (χ0v) is 13.4. The van der Waals surface area contributed by atoms with Crippen LogP contribution in [0.5, 0.6) is 0 Å². The SMILES string of the molecule is Cc1sc(C(=O)NCC(=O)Nc2ccc(F)c(F)c2F)cc1[N+](=O)[O-]. The second-order valence-electron chi connectivity index (χ2n) is 4.76. The molecule has 2 rings (SSSR count). The molecule has 0 aliphatic rings. The van der Waals surface area contributed by atoms with E-state index in [0.717, 1.165) is 23.5 Å². The zero-order valence-electron chi connectivity index (χ0n) is 12.6. The van der Waals surface area contributed by atoms with E-state index in [2.05, 4.69) is 5.32 Å². The lowest BCUT2D eigenvalue weighted by molar-refractivity contribution is -0.385. The summed E-state index contributed by atoms with van der Waals surface area (Å²) in [4.78, 5) is 34.0.